The quantitative estimate of drug-likeness (QED) is 0.871. The zero-order valence-corrected chi connectivity index (χ0v) is 12.0. The first-order valence-electron chi connectivity index (χ1n) is 6.52. The molecule has 2 rings (SSSR count). The summed E-state index contributed by atoms with van der Waals surface area (Å²) in [6.07, 6.45) is 1.45. The predicted molar refractivity (Wildman–Crippen MR) is 73.8 cm³/mol. The summed E-state index contributed by atoms with van der Waals surface area (Å²) >= 11 is 0. The SMILES string of the molecule is CN1CCN(C(=O)c2ncccc2C(=O)O)CC1(C)C. The molecule has 0 spiro atoms. The van der Waals surface area contributed by atoms with Crippen LogP contribution in [0.1, 0.15) is 34.7 Å². The van der Waals surface area contributed by atoms with Gasteiger partial charge in [0, 0.05) is 31.4 Å². The highest BCUT2D eigenvalue weighted by atomic mass is 16.4. The van der Waals surface area contributed by atoms with E-state index in [2.05, 4.69) is 23.7 Å². The average molecular weight is 277 g/mol. The Morgan fingerprint density at radius 3 is 2.65 bits per heavy atom. The van der Waals surface area contributed by atoms with Gasteiger partial charge in [-0.05, 0) is 33.0 Å². The summed E-state index contributed by atoms with van der Waals surface area (Å²) in [6.45, 7) is 6.01. The van der Waals surface area contributed by atoms with Gasteiger partial charge >= 0.3 is 5.97 Å². The number of carboxylic acid groups (broad SMARTS) is 1. The molecular formula is C14H19N3O3. The Bertz CT molecular complexity index is 542. The summed E-state index contributed by atoms with van der Waals surface area (Å²) in [4.78, 5) is 31.5. The number of nitrogens with zero attached hydrogens (tertiary/aromatic N) is 3. The van der Waals surface area contributed by atoms with Gasteiger partial charge in [-0.3, -0.25) is 14.7 Å². The number of rotatable bonds is 2. The molecule has 20 heavy (non-hydrogen) atoms. The van der Waals surface area contributed by atoms with Crippen LogP contribution >= 0.6 is 0 Å². The van der Waals surface area contributed by atoms with Crippen molar-refractivity contribution in [3.8, 4) is 0 Å². The molecule has 0 radical (unpaired) electrons. The molecule has 2 heterocycles. The number of aromatic carboxylic acids is 1. The molecule has 1 aliphatic rings. The number of aromatic nitrogens is 1. The lowest BCUT2D eigenvalue weighted by Gasteiger charge is -2.45. The normalized spacial score (nSPS) is 18.9. The Labute approximate surface area is 118 Å². The van der Waals surface area contributed by atoms with Gasteiger partial charge in [0.15, 0.2) is 0 Å². The number of hydrogen-bond acceptors (Lipinski definition) is 4. The van der Waals surface area contributed by atoms with Gasteiger partial charge in [-0.1, -0.05) is 0 Å². The highest BCUT2D eigenvalue weighted by Crippen LogP contribution is 2.20. The zero-order chi connectivity index (χ0) is 14.9. The molecule has 1 aromatic rings. The highest BCUT2D eigenvalue weighted by molar-refractivity contribution is 6.03. The van der Waals surface area contributed by atoms with E-state index < -0.39 is 5.97 Å². The van der Waals surface area contributed by atoms with Crippen molar-refractivity contribution in [1.29, 1.82) is 0 Å². The Balaban J connectivity index is 2.27. The summed E-state index contributed by atoms with van der Waals surface area (Å²) in [5.41, 5.74) is -0.166. The van der Waals surface area contributed by atoms with E-state index in [0.29, 0.717) is 13.1 Å². The molecule has 0 aliphatic carbocycles. The van der Waals surface area contributed by atoms with Crippen molar-refractivity contribution in [1.82, 2.24) is 14.8 Å². The van der Waals surface area contributed by atoms with Crippen LogP contribution < -0.4 is 0 Å². The summed E-state index contributed by atoms with van der Waals surface area (Å²) in [6, 6.07) is 2.93. The van der Waals surface area contributed by atoms with Crippen molar-refractivity contribution in [2.75, 3.05) is 26.7 Å². The van der Waals surface area contributed by atoms with Gasteiger partial charge in [-0.25, -0.2) is 4.79 Å². The van der Waals surface area contributed by atoms with E-state index >= 15 is 0 Å². The van der Waals surface area contributed by atoms with Crippen molar-refractivity contribution < 1.29 is 14.7 Å². The molecule has 6 nitrogen and oxygen atoms in total. The number of piperazine rings is 1. The standard InChI is InChI=1S/C14H19N3O3/c1-14(2)9-17(8-7-16(14)3)12(18)11-10(13(19)20)5-4-6-15-11/h4-6H,7-9H2,1-3H3,(H,19,20). The first-order valence-corrected chi connectivity index (χ1v) is 6.52. The molecule has 6 heteroatoms. The number of hydrogen-bond donors (Lipinski definition) is 1. The van der Waals surface area contributed by atoms with Crippen LogP contribution in [0, 0.1) is 0 Å². The maximum absolute atomic E-state index is 12.5. The van der Waals surface area contributed by atoms with Crippen molar-refractivity contribution in [2.24, 2.45) is 0 Å². The molecule has 0 aromatic carbocycles. The van der Waals surface area contributed by atoms with Crippen molar-refractivity contribution >= 4 is 11.9 Å². The third kappa shape index (κ3) is 2.65. The van der Waals surface area contributed by atoms with Gasteiger partial charge in [-0.2, -0.15) is 0 Å². The van der Waals surface area contributed by atoms with Crippen LogP contribution in [0.2, 0.25) is 0 Å². The highest BCUT2D eigenvalue weighted by Gasteiger charge is 2.34. The Morgan fingerprint density at radius 1 is 1.35 bits per heavy atom. The van der Waals surface area contributed by atoms with E-state index in [1.165, 1.54) is 18.3 Å². The zero-order valence-electron chi connectivity index (χ0n) is 12.0. The van der Waals surface area contributed by atoms with Crippen LogP contribution in [-0.2, 0) is 0 Å². The molecule has 1 N–H and O–H groups in total. The molecular weight excluding hydrogens is 258 g/mol. The van der Waals surface area contributed by atoms with Gasteiger partial charge in [0.25, 0.3) is 5.91 Å². The van der Waals surface area contributed by atoms with Crippen LogP contribution in [0.4, 0.5) is 0 Å². The fraction of sp³-hybridized carbons (Fsp3) is 0.500. The molecule has 1 saturated heterocycles. The number of amides is 1. The smallest absolute Gasteiger partial charge is 0.338 e. The third-order valence-electron chi connectivity index (χ3n) is 3.84. The van der Waals surface area contributed by atoms with Crippen LogP contribution in [0.15, 0.2) is 18.3 Å². The van der Waals surface area contributed by atoms with Gasteiger partial charge in [-0.15, -0.1) is 0 Å². The van der Waals surface area contributed by atoms with E-state index in [-0.39, 0.29) is 22.7 Å². The molecule has 1 aromatic heterocycles. The minimum atomic E-state index is -1.13. The Kier molecular flexibility index (Phi) is 3.76. The van der Waals surface area contributed by atoms with Gasteiger partial charge in [0.05, 0.1) is 5.56 Å². The fourth-order valence-electron chi connectivity index (χ4n) is 2.31. The van der Waals surface area contributed by atoms with Gasteiger partial charge in [0.1, 0.15) is 5.69 Å². The second-order valence-electron chi connectivity index (χ2n) is 5.67. The molecule has 0 atom stereocenters. The van der Waals surface area contributed by atoms with E-state index in [1.54, 1.807) is 4.90 Å². The molecule has 0 bridgehead atoms. The van der Waals surface area contributed by atoms with Crippen LogP contribution in [-0.4, -0.2) is 64.0 Å². The number of likely N-dealkylation sites (N-methyl/N-ethyl adjacent to an activating group) is 1. The molecule has 0 unspecified atom stereocenters. The summed E-state index contributed by atoms with van der Waals surface area (Å²) < 4.78 is 0. The summed E-state index contributed by atoms with van der Waals surface area (Å²) in [5, 5.41) is 9.14. The monoisotopic (exact) mass is 277 g/mol. The van der Waals surface area contributed by atoms with Crippen molar-refractivity contribution in [3.05, 3.63) is 29.6 Å². The van der Waals surface area contributed by atoms with Crippen LogP contribution in [0.25, 0.3) is 0 Å². The molecule has 108 valence electrons. The first kappa shape index (κ1) is 14.5. The number of carbonyl (C=O) groups is 2. The topological polar surface area (TPSA) is 73.7 Å². The lowest BCUT2D eigenvalue weighted by molar-refractivity contribution is 0.0304. The Hall–Kier alpha value is -1.95. The largest absolute Gasteiger partial charge is 0.478 e. The summed E-state index contributed by atoms with van der Waals surface area (Å²) in [5.74, 6) is -1.45. The van der Waals surface area contributed by atoms with E-state index in [4.69, 9.17) is 5.11 Å². The van der Waals surface area contributed by atoms with Gasteiger partial charge in [0.2, 0.25) is 0 Å². The second kappa shape index (κ2) is 5.20. The molecule has 1 aliphatic heterocycles. The van der Waals surface area contributed by atoms with Gasteiger partial charge < -0.3 is 10.0 Å². The number of pyridine rings is 1. The van der Waals surface area contributed by atoms with E-state index in [0.717, 1.165) is 6.54 Å². The predicted octanol–water partition coefficient (Wildman–Crippen LogP) is 0.946. The molecule has 0 saturated carbocycles. The lowest BCUT2D eigenvalue weighted by Crippen LogP contribution is -2.59. The minimum Gasteiger partial charge on any atom is -0.478 e. The van der Waals surface area contributed by atoms with Crippen molar-refractivity contribution in [3.63, 3.8) is 0 Å². The minimum absolute atomic E-state index is 0.0142. The van der Waals surface area contributed by atoms with Crippen molar-refractivity contribution in [2.45, 2.75) is 19.4 Å². The summed E-state index contributed by atoms with van der Waals surface area (Å²) in [7, 11) is 2.02. The third-order valence-corrected chi connectivity index (χ3v) is 3.84. The van der Waals surface area contributed by atoms with Crippen LogP contribution in [0.3, 0.4) is 0 Å². The average Bonchev–Trinajstić information content (AvgIpc) is 2.41. The maximum atomic E-state index is 12.5. The van der Waals surface area contributed by atoms with Crippen LogP contribution in [0.5, 0.6) is 0 Å². The first-order chi connectivity index (χ1) is 9.33. The van der Waals surface area contributed by atoms with E-state index in [9.17, 15) is 9.59 Å². The maximum Gasteiger partial charge on any atom is 0.338 e. The number of carboxylic acids is 1. The second-order valence-corrected chi connectivity index (χ2v) is 5.67. The Morgan fingerprint density at radius 2 is 2.05 bits per heavy atom. The van der Waals surface area contributed by atoms with E-state index in [1.807, 2.05) is 7.05 Å². The molecule has 1 amide bonds. The lowest BCUT2D eigenvalue weighted by atomic mass is 9.99. The molecule has 1 fully saturated rings. The number of carbonyl (C=O) groups excluding carboxylic acids is 1. The fourth-order valence-corrected chi connectivity index (χ4v) is 2.31.